The van der Waals surface area contributed by atoms with Crippen LogP contribution in [0.3, 0.4) is 0 Å². The topological polar surface area (TPSA) is 69.2 Å². The third kappa shape index (κ3) is 4.39. The number of nitro groups is 1. The molecule has 7 heteroatoms. The maximum Gasteiger partial charge on any atom is 0.416 e. The molecule has 4 nitrogen and oxygen atoms in total. The lowest BCUT2D eigenvalue weighted by atomic mass is 10.1. The zero-order valence-corrected chi connectivity index (χ0v) is 9.41. The third-order valence-corrected chi connectivity index (χ3v) is 1.75. The van der Waals surface area contributed by atoms with E-state index in [4.69, 9.17) is 5.73 Å². The maximum absolute atomic E-state index is 12.3. The summed E-state index contributed by atoms with van der Waals surface area (Å²) in [5.74, 6) is 0. The van der Waals surface area contributed by atoms with Crippen LogP contribution in [0.2, 0.25) is 0 Å². The highest BCUT2D eigenvalue weighted by molar-refractivity contribution is 5.40. The fourth-order valence-electron chi connectivity index (χ4n) is 1.06. The summed E-state index contributed by atoms with van der Waals surface area (Å²) in [6.45, 7) is 3.82. The molecule has 0 atom stereocenters. The van der Waals surface area contributed by atoms with Gasteiger partial charge in [0.25, 0.3) is 5.69 Å². The summed E-state index contributed by atoms with van der Waals surface area (Å²) >= 11 is 0. The van der Waals surface area contributed by atoms with Gasteiger partial charge in [0.2, 0.25) is 0 Å². The molecule has 0 heterocycles. The lowest BCUT2D eigenvalue weighted by Gasteiger charge is -2.07. The van der Waals surface area contributed by atoms with Crippen LogP contribution in [0.1, 0.15) is 25.0 Å². The van der Waals surface area contributed by atoms with Crippen LogP contribution in [0.25, 0.3) is 0 Å². The largest absolute Gasteiger partial charge is 0.416 e. The van der Waals surface area contributed by atoms with Gasteiger partial charge in [0.15, 0.2) is 0 Å². The van der Waals surface area contributed by atoms with E-state index in [0.717, 1.165) is 12.1 Å². The Morgan fingerprint density at radius 3 is 2.18 bits per heavy atom. The van der Waals surface area contributed by atoms with Crippen molar-refractivity contribution in [1.29, 1.82) is 0 Å². The van der Waals surface area contributed by atoms with Gasteiger partial charge in [0.1, 0.15) is 0 Å². The molecule has 1 aromatic rings. The summed E-state index contributed by atoms with van der Waals surface area (Å²) in [6, 6.07) is 2.31. The lowest BCUT2D eigenvalue weighted by molar-refractivity contribution is -0.385. The number of nitro benzene ring substituents is 1. The van der Waals surface area contributed by atoms with Gasteiger partial charge in [-0.1, -0.05) is 13.8 Å². The number of rotatable bonds is 2. The van der Waals surface area contributed by atoms with E-state index in [1.54, 1.807) is 0 Å². The number of benzene rings is 1. The Labute approximate surface area is 96.4 Å². The summed E-state index contributed by atoms with van der Waals surface area (Å²) in [5.41, 5.74) is 3.56. The monoisotopic (exact) mass is 250 g/mol. The molecule has 0 spiro atoms. The Morgan fingerprint density at radius 2 is 1.82 bits per heavy atom. The number of nitrogens with two attached hydrogens (primary N) is 1. The molecule has 0 saturated heterocycles. The highest BCUT2D eigenvalue weighted by Crippen LogP contribution is 2.32. The number of hydrogen-bond acceptors (Lipinski definition) is 3. The minimum Gasteiger partial charge on any atom is -0.326 e. The zero-order valence-electron chi connectivity index (χ0n) is 9.41. The second kappa shape index (κ2) is 6.19. The summed E-state index contributed by atoms with van der Waals surface area (Å²) in [7, 11) is 0. The average molecular weight is 250 g/mol. The van der Waals surface area contributed by atoms with Crippen molar-refractivity contribution < 1.29 is 18.1 Å². The van der Waals surface area contributed by atoms with Crippen molar-refractivity contribution in [3.8, 4) is 0 Å². The fourth-order valence-corrected chi connectivity index (χ4v) is 1.06. The normalized spacial score (nSPS) is 10.5. The van der Waals surface area contributed by atoms with E-state index in [1.165, 1.54) is 0 Å². The molecule has 2 N–H and O–H groups in total. The van der Waals surface area contributed by atoms with Crippen LogP contribution < -0.4 is 5.73 Å². The molecule has 96 valence electrons. The summed E-state index contributed by atoms with van der Waals surface area (Å²) in [4.78, 5) is 9.47. The predicted molar refractivity (Wildman–Crippen MR) is 57.3 cm³/mol. The number of halogens is 3. The first-order valence-electron chi connectivity index (χ1n) is 4.90. The smallest absolute Gasteiger partial charge is 0.326 e. The molecule has 0 fully saturated rings. The molecule has 0 amide bonds. The Morgan fingerprint density at radius 1 is 1.29 bits per heavy atom. The molecule has 0 unspecified atom stereocenters. The van der Waals surface area contributed by atoms with E-state index < -0.39 is 22.4 Å². The first-order valence-corrected chi connectivity index (χ1v) is 4.90. The van der Waals surface area contributed by atoms with E-state index in [1.807, 2.05) is 13.8 Å². The maximum atomic E-state index is 12.3. The predicted octanol–water partition coefficient (Wildman–Crippen LogP) is 3.10. The highest BCUT2D eigenvalue weighted by atomic mass is 19.4. The average Bonchev–Trinajstić information content (AvgIpc) is 2.29. The number of hydrogen-bond donors (Lipinski definition) is 1. The van der Waals surface area contributed by atoms with Gasteiger partial charge in [-0.05, 0) is 11.6 Å². The zero-order chi connectivity index (χ0) is 13.6. The minimum atomic E-state index is -4.60. The van der Waals surface area contributed by atoms with E-state index in [-0.39, 0.29) is 12.1 Å². The second-order valence-corrected chi connectivity index (χ2v) is 2.85. The molecule has 0 aliphatic carbocycles. The van der Waals surface area contributed by atoms with Crippen molar-refractivity contribution in [2.75, 3.05) is 0 Å². The molecule has 0 radical (unpaired) electrons. The number of alkyl halides is 3. The van der Waals surface area contributed by atoms with Crippen molar-refractivity contribution in [2.45, 2.75) is 26.6 Å². The SMILES string of the molecule is CC.NCc1cc([N+](=O)[O-])cc(C(F)(F)F)c1. The van der Waals surface area contributed by atoms with Crippen LogP contribution in [-0.4, -0.2) is 4.92 Å². The van der Waals surface area contributed by atoms with Crippen molar-refractivity contribution in [2.24, 2.45) is 5.73 Å². The van der Waals surface area contributed by atoms with Crippen LogP contribution >= 0.6 is 0 Å². The van der Waals surface area contributed by atoms with Crippen molar-refractivity contribution >= 4 is 5.69 Å². The quantitative estimate of drug-likeness (QED) is 0.647. The van der Waals surface area contributed by atoms with E-state index in [0.29, 0.717) is 6.07 Å². The van der Waals surface area contributed by atoms with Crippen LogP contribution in [0.5, 0.6) is 0 Å². The molecule has 0 aliphatic rings. The van der Waals surface area contributed by atoms with Crippen LogP contribution in [0.15, 0.2) is 18.2 Å². The molecule has 1 aromatic carbocycles. The molecule has 0 bridgehead atoms. The highest BCUT2D eigenvalue weighted by Gasteiger charge is 2.32. The van der Waals surface area contributed by atoms with Crippen LogP contribution in [0.4, 0.5) is 18.9 Å². The van der Waals surface area contributed by atoms with Crippen LogP contribution in [0, 0.1) is 10.1 Å². The van der Waals surface area contributed by atoms with Gasteiger partial charge >= 0.3 is 6.18 Å². The fraction of sp³-hybridized carbons (Fsp3) is 0.400. The molecule has 1 rings (SSSR count). The van der Waals surface area contributed by atoms with E-state index in [9.17, 15) is 23.3 Å². The third-order valence-electron chi connectivity index (χ3n) is 1.75. The lowest BCUT2D eigenvalue weighted by Crippen LogP contribution is -2.08. The molecular weight excluding hydrogens is 237 g/mol. The second-order valence-electron chi connectivity index (χ2n) is 2.85. The van der Waals surface area contributed by atoms with Gasteiger partial charge in [0.05, 0.1) is 10.5 Å². The van der Waals surface area contributed by atoms with Crippen LogP contribution in [-0.2, 0) is 12.7 Å². The molecule has 17 heavy (non-hydrogen) atoms. The van der Waals surface area contributed by atoms with Crippen molar-refractivity contribution in [3.05, 3.63) is 39.4 Å². The van der Waals surface area contributed by atoms with E-state index >= 15 is 0 Å². The standard InChI is InChI=1S/C8H7F3N2O2.C2H6/c9-8(10,11)6-1-5(4-12)2-7(3-6)13(14)15;1-2/h1-3H,4,12H2;1-2H3. The van der Waals surface area contributed by atoms with Gasteiger partial charge in [-0.15, -0.1) is 0 Å². The Bertz CT molecular complexity index is 392. The Balaban J connectivity index is 0.00000121. The number of non-ortho nitro benzene ring substituents is 1. The molecular formula is C10H13F3N2O2. The van der Waals surface area contributed by atoms with Gasteiger partial charge in [-0.25, -0.2) is 0 Å². The minimum absolute atomic E-state index is 0.0801. The Hall–Kier alpha value is -1.63. The first kappa shape index (κ1) is 15.4. The molecule has 0 saturated carbocycles. The van der Waals surface area contributed by atoms with Gasteiger partial charge in [0, 0.05) is 18.7 Å². The number of nitrogens with zero attached hydrogens (tertiary/aromatic N) is 1. The van der Waals surface area contributed by atoms with Crippen molar-refractivity contribution in [1.82, 2.24) is 0 Å². The van der Waals surface area contributed by atoms with E-state index in [2.05, 4.69) is 0 Å². The molecule has 0 aromatic heterocycles. The van der Waals surface area contributed by atoms with Crippen molar-refractivity contribution in [3.63, 3.8) is 0 Å². The van der Waals surface area contributed by atoms with Gasteiger partial charge < -0.3 is 5.73 Å². The molecule has 0 aliphatic heterocycles. The van der Waals surface area contributed by atoms with Gasteiger partial charge in [-0.2, -0.15) is 13.2 Å². The van der Waals surface area contributed by atoms with Gasteiger partial charge in [-0.3, -0.25) is 10.1 Å². The Kier molecular flexibility index (Phi) is 5.60. The first-order chi connectivity index (χ1) is 7.84. The summed E-state index contributed by atoms with van der Waals surface area (Å²) in [6.07, 6.45) is -4.60. The summed E-state index contributed by atoms with van der Waals surface area (Å²) < 4.78 is 36.9. The summed E-state index contributed by atoms with van der Waals surface area (Å²) in [5, 5.41) is 10.3.